The minimum Gasteiger partial charge on any atom is -0.496 e. The number of hydrogen-bond acceptors (Lipinski definition) is 2. The third-order valence-electron chi connectivity index (χ3n) is 2.49. The van der Waals surface area contributed by atoms with Gasteiger partial charge >= 0.3 is 0 Å². The molecule has 1 fully saturated rings. The molecule has 1 aromatic rings. The van der Waals surface area contributed by atoms with Crippen molar-refractivity contribution in [3.63, 3.8) is 0 Å². The minimum absolute atomic E-state index is 0.443. The predicted molar refractivity (Wildman–Crippen MR) is 55.2 cm³/mol. The predicted octanol–water partition coefficient (Wildman–Crippen LogP) is 2.95. The number of methoxy groups -OCH3 is 1. The number of carbonyl (C=O) groups is 1. The molecule has 1 saturated carbocycles. The Morgan fingerprint density at radius 2 is 2.21 bits per heavy atom. The molecule has 2 rings (SSSR count). The van der Waals surface area contributed by atoms with Crippen LogP contribution in [0.4, 0.5) is 0 Å². The van der Waals surface area contributed by atoms with Gasteiger partial charge in [0.05, 0.1) is 12.7 Å². The minimum atomic E-state index is -0.468. The molecule has 2 nitrogen and oxygen atoms in total. The number of rotatable bonds is 3. The molecule has 0 N–H and O–H groups in total. The lowest BCUT2D eigenvalue weighted by molar-refractivity contribution is 0.107. The zero-order valence-electron chi connectivity index (χ0n) is 7.92. The van der Waals surface area contributed by atoms with Crippen LogP contribution in [0.5, 0.6) is 5.75 Å². The molecule has 14 heavy (non-hydrogen) atoms. The zero-order valence-corrected chi connectivity index (χ0v) is 8.67. The second kappa shape index (κ2) is 3.62. The van der Waals surface area contributed by atoms with Gasteiger partial charge in [-0.05, 0) is 48.1 Å². The van der Waals surface area contributed by atoms with Gasteiger partial charge in [-0.3, -0.25) is 4.79 Å². The lowest BCUT2D eigenvalue weighted by Crippen LogP contribution is -1.96. The van der Waals surface area contributed by atoms with Crippen molar-refractivity contribution < 1.29 is 9.53 Å². The molecule has 0 aromatic heterocycles. The average molecular weight is 211 g/mol. The molecule has 0 heterocycles. The van der Waals surface area contributed by atoms with Crippen molar-refractivity contribution in [1.29, 1.82) is 0 Å². The number of halogens is 1. The van der Waals surface area contributed by atoms with E-state index in [9.17, 15) is 4.79 Å². The zero-order chi connectivity index (χ0) is 10.1. The summed E-state index contributed by atoms with van der Waals surface area (Å²) >= 11 is 5.42. The summed E-state index contributed by atoms with van der Waals surface area (Å²) in [6.45, 7) is 0. The second-order valence-corrected chi connectivity index (χ2v) is 3.85. The first-order chi connectivity index (χ1) is 6.72. The topological polar surface area (TPSA) is 26.3 Å². The molecule has 3 heteroatoms. The van der Waals surface area contributed by atoms with Gasteiger partial charge in [-0.1, -0.05) is 6.07 Å². The van der Waals surface area contributed by atoms with Gasteiger partial charge in [0.1, 0.15) is 5.75 Å². The van der Waals surface area contributed by atoms with Crippen LogP contribution in [0.15, 0.2) is 18.2 Å². The summed E-state index contributed by atoms with van der Waals surface area (Å²) in [5, 5.41) is -0.468. The van der Waals surface area contributed by atoms with E-state index in [-0.39, 0.29) is 0 Å². The van der Waals surface area contributed by atoms with E-state index in [4.69, 9.17) is 16.3 Å². The third-order valence-corrected chi connectivity index (χ3v) is 2.69. The lowest BCUT2D eigenvalue weighted by Gasteiger charge is -2.06. The molecule has 1 aliphatic carbocycles. The normalized spacial score (nSPS) is 15.3. The molecule has 0 saturated heterocycles. The van der Waals surface area contributed by atoms with Gasteiger partial charge in [0, 0.05) is 0 Å². The molecule has 1 aliphatic rings. The maximum absolute atomic E-state index is 11.0. The Bertz CT molecular complexity index is 370. The molecule has 0 amide bonds. The van der Waals surface area contributed by atoms with E-state index in [1.54, 1.807) is 13.2 Å². The van der Waals surface area contributed by atoms with Crippen molar-refractivity contribution in [1.82, 2.24) is 0 Å². The van der Waals surface area contributed by atoms with Gasteiger partial charge in [-0.15, -0.1) is 0 Å². The van der Waals surface area contributed by atoms with Crippen LogP contribution in [0.3, 0.4) is 0 Å². The molecule has 0 spiro atoms. The molecule has 0 aliphatic heterocycles. The van der Waals surface area contributed by atoms with Crippen molar-refractivity contribution in [2.24, 2.45) is 0 Å². The molecule has 1 aromatic carbocycles. The van der Waals surface area contributed by atoms with Crippen LogP contribution in [0.25, 0.3) is 0 Å². The smallest absolute Gasteiger partial charge is 0.256 e. The highest BCUT2D eigenvalue weighted by atomic mass is 35.5. The molecule has 0 atom stereocenters. The van der Waals surface area contributed by atoms with Gasteiger partial charge in [0.25, 0.3) is 5.24 Å². The van der Waals surface area contributed by atoms with Crippen LogP contribution in [0, 0.1) is 0 Å². The standard InChI is InChI=1S/C11H11ClO2/c1-14-10-6-8(7-2-3-7)4-5-9(10)11(12)13/h4-7H,2-3H2,1H3. The fourth-order valence-electron chi connectivity index (χ4n) is 1.54. The Balaban J connectivity index is 2.38. The van der Waals surface area contributed by atoms with E-state index in [2.05, 4.69) is 0 Å². The monoisotopic (exact) mass is 210 g/mol. The van der Waals surface area contributed by atoms with Crippen molar-refractivity contribution >= 4 is 16.8 Å². The van der Waals surface area contributed by atoms with Crippen LogP contribution in [0.1, 0.15) is 34.7 Å². The Kier molecular flexibility index (Phi) is 2.46. The van der Waals surface area contributed by atoms with Crippen molar-refractivity contribution in [2.75, 3.05) is 7.11 Å². The average Bonchev–Trinajstić information content (AvgIpc) is 3.00. The maximum Gasteiger partial charge on any atom is 0.256 e. The van der Waals surface area contributed by atoms with Crippen LogP contribution < -0.4 is 4.74 Å². The molecule has 0 radical (unpaired) electrons. The van der Waals surface area contributed by atoms with E-state index >= 15 is 0 Å². The van der Waals surface area contributed by atoms with E-state index in [0.717, 1.165) is 0 Å². The summed E-state index contributed by atoms with van der Waals surface area (Å²) in [5.41, 5.74) is 1.68. The van der Waals surface area contributed by atoms with Gasteiger partial charge in [0.15, 0.2) is 0 Å². The highest BCUT2D eigenvalue weighted by Gasteiger charge is 2.24. The van der Waals surface area contributed by atoms with Crippen LogP contribution in [-0.2, 0) is 0 Å². The quantitative estimate of drug-likeness (QED) is 0.717. The lowest BCUT2D eigenvalue weighted by atomic mass is 10.1. The first-order valence-corrected chi connectivity index (χ1v) is 4.98. The Labute approximate surface area is 87.8 Å². The van der Waals surface area contributed by atoms with Gasteiger partial charge in [-0.2, -0.15) is 0 Å². The molecule has 0 unspecified atom stereocenters. The first-order valence-electron chi connectivity index (χ1n) is 4.60. The summed E-state index contributed by atoms with van der Waals surface area (Å²) in [6.07, 6.45) is 2.47. The van der Waals surface area contributed by atoms with E-state index in [1.807, 2.05) is 12.1 Å². The second-order valence-electron chi connectivity index (χ2n) is 3.51. The molecular formula is C11H11ClO2. The summed E-state index contributed by atoms with van der Waals surface area (Å²) in [7, 11) is 1.55. The number of hydrogen-bond donors (Lipinski definition) is 0. The largest absolute Gasteiger partial charge is 0.496 e. The Morgan fingerprint density at radius 1 is 1.50 bits per heavy atom. The van der Waals surface area contributed by atoms with Crippen molar-refractivity contribution in [3.8, 4) is 5.75 Å². The fourth-order valence-corrected chi connectivity index (χ4v) is 1.70. The Morgan fingerprint density at radius 3 is 2.71 bits per heavy atom. The van der Waals surface area contributed by atoms with Gasteiger partial charge in [0.2, 0.25) is 0 Å². The van der Waals surface area contributed by atoms with Crippen LogP contribution in [-0.4, -0.2) is 12.4 Å². The van der Waals surface area contributed by atoms with E-state index in [0.29, 0.717) is 17.2 Å². The maximum atomic E-state index is 11.0. The Hall–Kier alpha value is -1.02. The first kappa shape index (κ1) is 9.53. The van der Waals surface area contributed by atoms with Crippen molar-refractivity contribution in [2.45, 2.75) is 18.8 Å². The number of carbonyl (C=O) groups excluding carboxylic acids is 1. The SMILES string of the molecule is COc1cc(C2CC2)ccc1C(=O)Cl. The summed E-state index contributed by atoms with van der Waals surface area (Å²) < 4.78 is 5.12. The van der Waals surface area contributed by atoms with Crippen LogP contribution in [0.2, 0.25) is 0 Å². The fraction of sp³-hybridized carbons (Fsp3) is 0.364. The highest BCUT2D eigenvalue weighted by Crippen LogP contribution is 2.41. The number of ether oxygens (including phenoxy) is 1. The summed E-state index contributed by atoms with van der Waals surface area (Å²) in [5.74, 6) is 1.23. The highest BCUT2D eigenvalue weighted by molar-refractivity contribution is 6.68. The number of benzene rings is 1. The molecular weight excluding hydrogens is 200 g/mol. The molecule has 74 valence electrons. The van der Waals surface area contributed by atoms with Crippen molar-refractivity contribution in [3.05, 3.63) is 29.3 Å². The summed E-state index contributed by atoms with van der Waals surface area (Å²) in [6, 6.07) is 5.60. The summed E-state index contributed by atoms with van der Waals surface area (Å²) in [4.78, 5) is 11.0. The van der Waals surface area contributed by atoms with Gasteiger partial charge in [-0.25, -0.2) is 0 Å². The van der Waals surface area contributed by atoms with Crippen LogP contribution >= 0.6 is 11.6 Å². The van der Waals surface area contributed by atoms with Gasteiger partial charge < -0.3 is 4.74 Å². The van der Waals surface area contributed by atoms with E-state index < -0.39 is 5.24 Å². The molecule has 0 bridgehead atoms. The third kappa shape index (κ3) is 1.75. The van der Waals surface area contributed by atoms with E-state index in [1.165, 1.54) is 18.4 Å².